The summed E-state index contributed by atoms with van der Waals surface area (Å²) in [5.41, 5.74) is 1.59. The number of para-hydroxylation sites is 1. The molecule has 138 valence electrons. The van der Waals surface area contributed by atoms with Crippen LogP contribution in [0.5, 0.6) is 0 Å². The van der Waals surface area contributed by atoms with Gasteiger partial charge in [0.05, 0.1) is 18.1 Å². The lowest BCUT2D eigenvalue weighted by Gasteiger charge is -2.26. The van der Waals surface area contributed by atoms with Gasteiger partial charge in [-0.25, -0.2) is 9.97 Å². The molecule has 26 heavy (non-hydrogen) atoms. The van der Waals surface area contributed by atoms with E-state index in [0.717, 1.165) is 44.1 Å². The molecule has 2 N–H and O–H groups in total. The Bertz CT molecular complexity index is 764. The normalized spacial score (nSPS) is 14.8. The van der Waals surface area contributed by atoms with Crippen molar-refractivity contribution >= 4 is 23.0 Å². The zero-order valence-corrected chi connectivity index (χ0v) is 14.6. The molecular weight excluding hydrogens is 336 g/mol. The van der Waals surface area contributed by atoms with Crippen LogP contribution in [0.25, 0.3) is 0 Å². The number of anilines is 3. The maximum absolute atomic E-state index is 11.6. The molecule has 1 aromatic carbocycles. The SMILES string of the molecule is Cc1ccccc1Nc1ncnc(NCCN2CCOCC2)c1[N+](=O)[O-]. The van der Waals surface area contributed by atoms with Gasteiger partial charge in [0.15, 0.2) is 0 Å². The fourth-order valence-electron chi connectivity index (χ4n) is 2.77. The molecule has 2 heterocycles. The van der Waals surface area contributed by atoms with Crippen molar-refractivity contribution in [2.45, 2.75) is 6.92 Å². The van der Waals surface area contributed by atoms with E-state index in [-0.39, 0.29) is 17.3 Å². The molecule has 3 rings (SSSR count). The maximum Gasteiger partial charge on any atom is 0.353 e. The summed E-state index contributed by atoms with van der Waals surface area (Å²) in [6.07, 6.45) is 1.32. The first kappa shape index (κ1) is 18.0. The summed E-state index contributed by atoms with van der Waals surface area (Å²) in [6, 6.07) is 7.56. The van der Waals surface area contributed by atoms with E-state index in [1.165, 1.54) is 6.33 Å². The first-order chi connectivity index (χ1) is 12.6. The predicted molar refractivity (Wildman–Crippen MR) is 98.9 cm³/mol. The lowest BCUT2D eigenvalue weighted by Crippen LogP contribution is -2.39. The van der Waals surface area contributed by atoms with Crippen molar-refractivity contribution in [1.29, 1.82) is 0 Å². The first-order valence-corrected chi connectivity index (χ1v) is 8.51. The minimum atomic E-state index is -0.461. The topological polar surface area (TPSA) is 105 Å². The van der Waals surface area contributed by atoms with Crippen molar-refractivity contribution in [3.05, 3.63) is 46.3 Å². The second kappa shape index (κ2) is 8.54. The van der Waals surface area contributed by atoms with Gasteiger partial charge in [0.2, 0.25) is 11.6 Å². The Labute approximate surface area is 151 Å². The summed E-state index contributed by atoms with van der Waals surface area (Å²) in [6.45, 7) is 6.43. The molecule has 0 bridgehead atoms. The van der Waals surface area contributed by atoms with E-state index in [2.05, 4.69) is 25.5 Å². The molecule has 1 aromatic heterocycles. The van der Waals surface area contributed by atoms with Gasteiger partial charge in [-0.05, 0) is 18.6 Å². The van der Waals surface area contributed by atoms with Crippen molar-refractivity contribution in [3.63, 3.8) is 0 Å². The van der Waals surface area contributed by atoms with E-state index >= 15 is 0 Å². The molecule has 0 unspecified atom stereocenters. The van der Waals surface area contributed by atoms with Crippen LogP contribution in [-0.2, 0) is 4.74 Å². The van der Waals surface area contributed by atoms with Crippen LogP contribution in [0.4, 0.5) is 23.0 Å². The summed E-state index contributed by atoms with van der Waals surface area (Å²) < 4.78 is 5.32. The Morgan fingerprint density at radius 3 is 2.69 bits per heavy atom. The molecule has 1 aliphatic heterocycles. The number of aryl methyl sites for hydroxylation is 1. The Morgan fingerprint density at radius 1 is 1.23 bits per heavy atom. The van der Waals surface area contributed by atoms with Crippen LogP contribution < -0.4 is 10.6 Å². The lowest BCUT2D eigenvalue weighted by atomic mass is 10.2. The average molecular weight is 358 g/mol. The van der Waals surface area contributed by atoms with Gasteiger partial charge in [0.1, 0.15) is 6.33 Å². The fourth-order valence-corrected chi connectivity index (χ4v) is 2.77. The van der Waals surface area contributed by atoms with Gasteiger partial charge < -0.3 is 15.4 Å². The number of nitro groups is 1. The monoisotopic (exact) mass is 358 g/mol. The van der Waals surface area contributed by atoms with E-state index in [1.54, 1.807) is 0 Å². The standard InChI is InChI=1S/C17H22N6O3/c1-13-4-2-3-5-14(13)21-17-15(23(24)25)16(19-12-20-17)18-6-7-22-8-10-26-11-9-22/h2-5,12H,6-11H2,1H3,(H2,18,19,20,21). The van der Waals surface area contributed by atoms with E-state index in [0.29, 0.717) is 6.54 Å². The van der Waals surface area contributed by atoms with Crippen LogP contribution in [0.15, 0.2) is 30.6 Å². The largest absolute Gasteiger partial charge is 0.379 e. The van der Waals surface area contributed by atoms with E-state index in [4.69, 9.17) is 4.74 Å². The molecule has 0 saturated carbocycles. The molecular formula is C17H22N6O3. The Morgan fingerprint density at radius 2 is 1.96 bits per heavy atom. The molecule has 2 aromatic rings. The summed E-state index contributed by atoms with van der Waals surface area (Å²) in [7, 11) is 0. The molecule has 9 heteroatoms. The zero-order chi connectivity index (χ0) is 18.4. The van der Waals surface area contributed by atoms with E-state index in [9.17, 15) is 10.1 Å². The number of nitrogens with zero attached hydrogens (tertiary/aromatic N) is 4. The van der Waals surface area contributed by atoms with Crippen LogP contribution in [0.2, 0.25) is 0 Å². The van der Waals surface area contributed by atoms with Gasteiger partial charge in [-0.15, -0.1) is 0 Å². The van der Waals surface area contributed by atoms with Crippen LogP contribution in [0.3, 0.4) is 0 Å². The van der Waals surface area contributed by atoms with E-state index < -0.39 is 4.92 Å². The van der Waals surface area contributed by atoms with Crippen LogP contribution in [-0.4, -0.2) is 59.2 Å². The zero-order valence-electron chi connectivity index (χ0n) is 14.6. The third kappa shape index (κ3) is 4.44. The summed E-state index contributed by atoms with van der Waals surface area (Å²) >= 11 is 0. The first-order valence-electron chi connectivity index (χ1n) is 8.51. The third-order valence-corrected chi connectivity index (χ3v) is 4.23. The van der Waals surface area contributed by atoms with Gasteiger partial charge in [0.25, 0.3) is 0 Å². The quantitative estimate of drug-likeness (QED) is 0.573. The number of benzene rings is 1. The minimum absolute atomic E-state index is 0.155. The van der Waals surface area contributed by atoms with Crippen molar-refractivity contribution in [1.82, 2.24) is 14.9 Å². The molecule has 0 atom stereocenters. The molecule has 1 aliphatic rings. The van der Waals surface area contributed by atoms with Crippen molar-refractivity contribution in [2.75, 3.05) is 50.0 Å². The third-order valence-electron chi connectivity index (χ3n) is 4.23. The Hall–Kier alpha value is -2.78. The van der Waals surface area contributed by atoms with Gasteiger partial charge in [-0.2, -0.15) is 0 Å². The number of aromatic nitrogens is 2. The number of ether oxygens (including phenoxy) is 1. The fraction of sp³-hybridized carbons (Fsp3) is 0.412. The molecule has 1 saturated heterocycles. The Kier molecular flexibility index (Phi) is 5.92. The highest BCUT2D eigenvalue weighted by Gasteiger charge is 2.23. The van der Waals surface area contributed by atoms with Gasteiger partial charge in [-0.1, -0.05) is 18.2 Å². The Balaban J connectivity index is 1.73. The second-order valence-electron chi connectivity index (χ2n) is 6.00. The van der Waals surface area contributed by atoms with Crippen molar-refractivity contribution in [2.24, 2.45) is 0 Å². The highest BCUT2D eigenvalue weighted by Crippen LogP contribution is 2.31. The van der Waals surface area contributed by atoms with Crippen molar-refractivity contribution in [3.8, 4) is 0 Å². The molecule has 0 aliphatic carbocycles. The smallest absolute Gasteiger partial charge is 0.353 e. The average Bonchev–Trinajstić information content (AvgIpc) is 2.64. The molecule has 0 amide bonds. The van der Waals surface area contributed by atoms with Gasteiger partial charge in [0, 0.05) is 31.9 Å². The van der Waals surface area contributed by atoms with Gasteiger partial charge >= 0.3 is 5.69 Å². The highest BCUT2D eigenvalue weighted by atomic mass is 16.6. The van der Waals surface area contributed by atoms with Gasteiger partial charge in [-0.3, -0.25) is 15.0 Å². The molecule has 0 spiro atoms. The summed E-state index contributed by atoms with van der Waals surface area (Å²) in [4.78, 5) is 21.5. The molecule has 1 fully saturated rings. The van der Waals surface area contributed by atoms with Crippen molar-refractivity contribution < 1.29 is 9.66 Å². The van der Waals surface area contributed by atoms with Crippen LogP contribution >= 0.6 is 0 Å². The lowest BCUT2D eigenvalue weighted by molar-refractivity contribution is -0.383. The van der Waals surface area contributed by atoms with Crippen LogP contribution in [0.1, 0.15) is 5.56 Å². The number of hydrogen-bond acceptors (Lipinski definition) is 8. The highest BCUT2D eigenvalue weighted by molar-refractivity contribution is 5.74. The number of hydrogen-bond donors (Lipinski definition) is 2. The molecule has 0 radical (unpaired) electrons. The second-order valence-corrected chi connectivity index (χ2v) is 6.00. The number of morpholine rings is 1. The van der Waals surface area contributed by atoms with E-state index in [1.807, 2.05) is 31.2 Å². The number of rotatable bonds is 7. The minimum Gasteiger partial charge on any atom is -0.379 e. The summed E-state index contributed by atoms with van der Waals surface area (Å²) in [5, 5.41) is 17.7. The van der Waals surface area contributed by atoms with Crippen LogP contribution in [0, 0.1) is 17.0 Å². The number of nitrogens with one attached hydrogen (secondary N) is 2. The summed E-state index contributed by atoms with van der Waals surface area (Å²) in [5.74, 6) is 0.391. The maximum atomic E-state index is 11.6. The molecule has 9 nitrogen and oxygen atoms in total. The predicted octanol–water partition coefficient (Wildman–Crippen LogP) is 2.18.